The number of nitrogens with one attached hydrogen (secondary N) is 1. The number of rotatable bonds is 4. The Morgan fingerprint density at radius 2 is 1.90 bits per heavy atom. The summed E-state index contributed by atoms with van der Waals surface area (Å²) in [7, 11) is 1.72. The highest BCUT2D eigenvalue weighted by Gasteiger charge is 2.36. The molecule has 120 valence electrons. The zero-order valence-corrected chi connectivity index (χ0v) is 15.4. The van der Waals surface area contributed by atoms with E-state index in [1.165, 1.54) is 18.4 Å². The zero-order valence-electron chi connectivity index (χ0n) is 12.2. The molecule has 0 spiro atoms. The second kappa shape index (κ2) is 8.59. The highest BCUT2D eigenvalue weighted by molar-refractivity contribution is 9.10. The van der Waals surface area contributed by atoms with Crippen LogP contribution in [0.4, 0.5) is 0 Å². The second-order valence-corrected chi connectivity index (χ2v) is 6.32. The largest absolute Gasteiger partial charge is 0.496 e. The first kappa shape index (κ1) is 19.0. The van der Waals surface area contributed by atoms with Crippen LogP contribution in [0, 0.1) is 5.92 Å². The average molecular weight is 398 g/mol. The number of nitrogens with zero attached hydrogens (tertiary/aromatic N) is 1. The van der Waals surface area contributed by atoms with Crippen molar-refractivity contribution in [1.29, 1.82) is 0 Å². The summed E-state index contributed by atoms with van der Waals surface area (Å²) in [5, 5.41) is 3.44. The molecule has 0 radical (unpaired) electrons. The summed E-state index contributed by atoms with van der Waals surface area (Å²) in [5.41, 5.74) is 1.43. The summed E-state index contributed by atoms with van der Waals surface area (Å²) in [4.78, 5) is 2.64. The lowest BCUT2D eigenvalue weighted by Gasteiger charge is -2.35. The van der Waals surface area contributed by atoms with Gasteiger partial charge in [0.05, 0.1) is 11.6 Å². The van der Waals surface area contributed by atoms with E-state index in [0.717, 1.165) is 42.3 Å². The maximum atomic E-state index is 5.33. The number of hydrogen-bond donors (Lipinski definition) is 1. The molecule has 1 N–H and O–H groups in total. The van der Waals surface area contributed by atoms with Crippen molar-refractivity contribution in [3.63, 3.8) is 0 Å². The maximum absolute atomic E-state index is 5.33. The van der Waals surface area contributed by atoms with Crippen molar-refractivity contribution in [1.82, 2.24) is 10.2 Å². The molecule has 1 aliphatic heterocycles. The maximum Gasteiger partial charge on any atom is 0.133 e. The second-order valence-electron chi connectivity index (χ2n) is 5.46. The van der Waals surface area contributed by atoms with Crippen molar-refractivity contribution >= 4 is 40.7 Å². The summed E-state index contributed by atoms with van der Waals surface area (Å²) >= 11 is 3.61. The minimum absolute atomic E-state index is 0. The predicted octanol–water partition coefficient (Wildman–Crippen LogP) is 3.66. The SMILES string of the molecule is COc1ccc([C@H](C2CC2)N2CCNCC2)cc1Br.Cl.Cl. The van der Waals surface area contributed by atoms with Gasteiger partial charge in [-0.3, -0.25) is 4.90 Å². The molecular weight excluding hydrogens is 375 g/mol. The number of halogens is 3. The number of hydrogen-bond acceptors (Lipinski definition) is 3. The minimum atomic E-state index is 0. The Bertz CT molecular complexity index is 451. The van der Waals surface area contributed by atoms with E-state index in [2.05, 4.69) is 44.3 Å². The van der Waals surface area contributed by atoms with Crippen LogP contribution in [0.3, 0.4) is 0 Å². The van der Waals surface area contributed by atoms with Crippen LogP contribution in [-0.2, 0) is 0 Å². The predicted molar refractivity (Wildman–Crippen MR) is 95.1 cm³/mol. The zero-order chi connectivity index (χ0) is 13.2. The lowest BCUT2D eigenvalue weighted by Crippen LogP contribution is -2.45. The van der Waals surface area contributed by atoms with E-state index in [1.807, 2.05) is 0 Å². The van der Waals surface area contributed by atoms with Gasteiger partial charge >= 0.3 is 0 Å². The van der Waals surface area contributed by atoms with E-state index in [0.29, 0.717) is 6.04 Å². The molecule has 0 bridgehead atoms. The lowest BCUT2D eigenvalue weighted by molar-refractivity contribution is 0.156. The van der Waals surface area contributed by atoms with Crippen LogP contribution in [0.1, 0.15) is 24.4 Å². The van der Waals surface area contributed by atoms with Crippen molar-refractivity contribution in [2.24, 2.45) is 5.92 Å². The summed E-state index contributed by atoms with van der Waals surface area (Å²) in [6.45, 7) is 4.54. The van der Waals surface area contributed by atoms with E-state index >= 15 is 0 Å². The Labute approximate surface area is 147 Å². The highest BCUT2D eigenvalue weighted by atomic mass is 79.9. The van der Waals surface area contributed by atoms with Gasteiger partial charge in [-0.1, -0.05) is 6.07 Å². The van der Waals surface area contributed by atoms with Crippen LogP contribution in [0.5, 0.6) is 5.75 Å². The molecule has 3 nitrogen and oxygen atoms in total. The Kier molecular flexibility index (Phi) is 7.79. The Morgan fingerprint density at radius 1 is 1.24 bits per heavy atom. The van der Waals surface area contributed by atoms with Crippen LogP contribution in [0.2, 0.25) is 0 Å². The van der Waals surface area contributed by atoms with Crippen molar-refractivity contribution in [3.8, 4) is 5.75 Å². The fourth-order valence-corrected chi connectivity index (χ4v) is 3.58. The Balaban J connectivity index is 0.00000110. The number of methoxy groups -OCH3 is 1. The molecule has 3 rings (SSSR count). The summed E-state index contributed by atoms with van der Waals surface area (Å²) < 4.78 is 6.39. The van der Waals surface area contributed by atoms with Crippen LogP contribution < -0.4 is 10.1 Å². The third-order valence-corrected chi connectivity index (χ3v) is 4.75. The van der Waals surface area contributed by atoms with Crippen LogP contribution in [0.15, 0.2) is 22.7 Å². The van der Waals surface area contributed by atoms with Crippen molar-refractivity contribution in [2.45, 2.75) is 18.9 Å². The van der Waals surface area contributed by atoms with E-state index in [1.54, 1.807) is 7.11 Å². The van der Waals surface area contributed by atoms with Gasteiger partial charge in [-0.05, 0) is 52.4 Å². The van der Waals surface area contributed by atoms with Gasteiger partial charge in [0, 0.05) is 32.2 Å². The van der Waals surface area contributed by atoms with Crippen molar-refractivity contribution in [2.75, 3.05) is 33.3 Å². The van der Waals surface area contributed by atoms with Crippen molar-refractivity contribution in [3.05, 3.63) is 28.2 Å². The Hall–Kier alpha value is -0.000000000000000111. The Morgan fingerprint density at radius 3 is 2.43 bits per heavy atom. The molecule has 1 saturated carbocycles. The van der Waals surface area contributed by atoms with Gasteiger partial charge in [-0.2, -0.15) is 0 Å². The smallest absolute Gasteiger partial charge is 0.133 e. The normalized spacial score (nSPS) is 20.1. The monoisotopic (exact) mass is 396 g/mol. The molecule has 6 heteroatoms. The fourth-order valence-electron chi connectivity index (χ4n) is 3.02. The molecule has 1 heterocycles. The van der Waals surface area contributed by atoms with Crippen LogP contribution in [-0.4, -0.2) is 38.2 Å². The van der Waals surface area contributed by atoms with Gasteiger partial charge in [0.2, 0.25) is 0 Å². The minimum Gasteiger partial charge on any atom is -0.496 e. The molecule has 1 aromatic rings. The molecule has 0 amide bonds. The first-order chi connectivity index (χ1) is 9.29. The molecule has 21 heavy (non-hydrogen) atoms. The highest BCUT2D eigenvalue weighted by Crippen LogP contribution is 2.45. The molecule has 0 unspecified atom stereocenters. The van der Waals surface area contributed by atoms with Gasteiger partial charge in [0.1, 0.15) is 5.75 Å². The van der Waals surface area contributed by atoms with Gasteiger partial charge in [-0.25, -0.2) is 0 Å². The lowest BCUT2D eigenvalue weighted by atomic mass is 9.99. The third-order valence-electron chi connectivity index (χ3n) is 4.13. The van der Waals surface area contributed by atoms with E-state index < -0.39 is 0 Å². The molecule has 1 aromatic carbocycles. The molecule has 1 saturated heterocycles. The number of piperazine rings is 1. The van der Waals surface area contributed by atoms with Crippen LogP contribution >= 0.6 is 40.7 Å². The van der Waals surface area contributed by atoms with E-state index in [-0.39, 0.29) is 24.8 Å². The molecular formula is C15H23BrCl2N2O. The average Bonchev–Trinajstić information content (AvgIpc) is 3.25. The first-order valence-corrected chi connectivity index (χ1v) is 7.87. The molecule has 1 aliphatic carbocycles. The van der Waals surface area contributed by atoms with Crippen LogP contribution in [0.25, 0.3) is 0 Å². The van der Waals surface area contributed by atoms with E-state index in [4.69, 9.17) is 4.74 Å². The standard InChI is InChI=1S/C15H21BrN2O.2ClH/c1-19-14-5-4-12(10-13(14)16)15(11-2-3-11)18-8-6-17-7-9-18;;/h4-5,10-11,15,17H,2-3,6-9H2,1H3;2*1H/t15-;;/m0../s1. The van der Waals surface area contributed by atoms with Gasteiger partial charge in [-0.15, -0.1) is 24.8 Å². The van der Waals surface area contributed by atoms with Crippen molar-refractivity contribution < 1.29 is 4.74 Å². The number of benzene rings is 1. The molecule has 2 aliphatic rings. The quantitative estimate of drug-likeness (QED) is 0.838. The summed E-state index contributed by atoms with van der Waals surface area (Å²) in [5.74, 6) is 1.76. The third kappa shape index (κ3) is 4.49. The number of ether oxygens (including phenoxy) is 1. The first-order valence-electron chi connectivity index (χ1n) is 7.08. The molecule has 1 atom stereocenters. The topological polar surface area (TPSA) is 24.5 Å². The fraction of sp³-hybridized carbons (Fsp3) is 0.600. The summed E-state index contributed by atoms with van der Waals surface area (Å²) in [6, 6.07) is 7.14. The summed E-state index contributed by atoms with van der Waals surface area (Å²) in [6.07, 6.45) is 2.75. The van der Waals surface area contributed by atoms with Gasteiger partial charge in [0.25, 0.3) is 0 Å². The van der Waals surface area contributed by atoms with E-state index in [9.17, 15) is 0 Å². The molecule has 2 fully saturated rings. The van der Waals surface area contributed by atoms with Gasteiger partial charge < -0.3 is 10.1 Å². The molecule has 0 aromatic heterocycles. The van der Waals surface area contributed by atoms with Gasteiger partial charge in [0.15, 0.2) is 0 Å².